The minimum Gasteiger partial charge on any atom is -0.497 e. The van der Waals surface area contributed by atoms with E-state index in [1.54, 1.807) is 26.4 Å². The van der Waals surface area contributed by atoms with Crippen LogP contribution < -0.4 is 14.8 Å². The van der Waals surface area contributed by atoms with Crippen molar-refractivity contribution in [3.63, 3.8) is 0 Å². The number of carbonyl (C=O) groups excluding carboxylic acids is 1. The number of hydrogen-bond acceptors (Lipinski definition) is 4. The average Bonchev–Trinajstić information content (AvgIpc) is 3.27. The molecule has 21 heavy (non-hydrogen) atoms. The molecule has 0 unspecified atom stereocenters. The molecule has 1 aromatic carbocycles. The van der Waals surface area contributed by atoms with Gasteiger partial charge in [0.25, 0.3) is 0 Å². The quantitative estimate of drug-likeness (QED) is 0.832. The zero-order chi connectivity index (χ0) is 15.6. The molecular weight excluding hydrogens is 274 g/mol. The molecule has 1 amide bonds. The van der Waals surface area contributed by atoms with Gasteiger partial charge in [0, 0.05) is 11.6 Å². The predicted octanol–water partition coefficient (Wildman–Crippen LogP) is 1.60. The number of benzene rings is 1. The molecule has 1 fully saturated rings. The Morgan fingerprint density at radius 2 is 2.00 bits per heavy atom. The number of methoxy groups -OCH3 is 2. The van der Waals surface area contributed by atoms with Crippen LogP contribution in [0.15, 0.2) is 18.2 Å². The smallest absolute Gasteiger partial charge is 0.307 e. The van der Waals surface area contributed by atoms with Gasteiger partial charge >= 0.3 is 5.97 Å². The molecule has 6 heteroatoms. The molecule has 0 radical (unpaired) electrons. The number of rotatable bonds is 6. The summed E-state index contributed by atoms with van der Waals surface area (Å²) in [6.07, 6.45) is 0.410. The topological polar surface area (TPSA) is 84.9 Å². The van der Waals surface area contributed by atoms with Gasteiger partial charge in [0.2, 0.25) is 5.91 Å². The van der Waals surface area contributed by atoms with Crippen LogP contribution in [0.4, 0.5) is 0 Å². The Balaban J connectivity index is 2.05. The molecule has 0 saturated heterocycles. The largest absolute Gasteiger partial charge is 0.497 e. The lowest BCUT2D eigenvalue weighted by Crippen LogP contribution is -2.29. The van der Waals surface area contributed by atoms with E-state index in [2.05, 4.69) is 5.32 Å². The zero-order valence-electron chi connectivity index (χ0n) is 12.3. The van der Waals surface area contributed by atoms with Gasteiger partial charge in [-0.05, 0) is 25.5 Å². The Labute approximate surface area is 123 Å². The van der Waals surface area contributed by atoms with E-state index in [1.165, 1.54) is 0 Å². The third-order valence-corrected chi connectivity index (χ3v) is 3.71. The van der Waals surface area contributed by atoms with Crippen molar-refractivity contribution < 1.29 is 24.2 Å². The second-order valence-electron chi connectivity index (χ2n) is 5.13. The lowest BCUT2D eigenvalue weighted by atomic mass is 10.1. The Kier molecular flexibility index (Phi) is 4.35. The molecule has 0 aliphatic heterocycles. The molecule has 1 aliphatic rings. The minimum absolute atomic E-state index is 0.229. The lowest BCUT2D eigenvalue weighted by Gasteiger charge is -2.18. The molecule has 1 aliphatic carbocycles. The van der Waals surface area contributed by atoms with Crippen molar-refractivity contribution in [3.05, 3.63) is 23.8 Å². The molecule has 1 saturated carbocycles. The number of nitrogens with one attached hydrogen (secondary N) is 1. The first-order valence-corrected chi connectivity index (χ1v) is 6.73. The van der Waals surface area contributed by atoms with Gasteiger partial charge in [-0.3, -0.25) is 9.59 Å². The third-order valence-electron chi connectivity index (χ3n) is 3.71. The Morgan fingerprint density at radius 1 is 1.29 bits per heavy atom. The maximum atomic E-state index is 12.0. The number of carbonyl (C=O) groups is 2. The number of carboxylic acids is 1. The number of ether oxygens (including phenoxy) is 2. The van der Waals surface area contributed by atoms with E-state index in [9.17, 15) is 9.59 Å². The van der Waals surface area contributed by atoms with Crippen LogP contribution in [0.25, 0.3) is 0 Å². The summed E-state index contributed by atoms with van der Waals surface area (Å²) in [6.45, 7) is 1.83. The van der Waals surface area contributed by atoms with E-state index >= 15 is 0 Å². The molecule has 114 valence electrons. The van der Waals surface area contributed by atoms with Crippen LogP contribution in [0.5, 0.6) is 11.5 Å². The minimum atomic E-state index is -0.912. The van der Waals surface area contributed by atoms with Gasteiger partial charge in [0.05, 0.1) is 32.1 Å². The van der Waals surface area contributed by atoms with Crippen LogP contribution in [-0.2, 0) is 9.59 Å². The van der Waals surface area contributed by atoms with Crippen molar-refractivity contribution in [2.45, 2.75) is 19.4 Å². The molecule has 0 heterocycles. The van der Waals surface area contributed by atoms with Crippen LogP contribution in [-0.4, -0.2) is 31.2 Å². The van der Waals surface area contributed by atoms with E-state index in [-0.39, 0.29) is 11.9 Å². The lowest BCUT2D eigenvalue weighted by molar-refractivity contribution is -0.140. The Bertz CT molecular complexity index is 557. The number of amides is 1. The molecule has 0 aromatic heterocycles. The van der Waals surface area contributed by atoms with Crippen molar-refractivity contribution in [1.29, 1.82) is 0 Å². The summed E-state index contributed by atoms with van der Waals surface area (Å²) in [5, 5.41) is 11.7. The van der Waals surface area contributed by atoms with E-state index in [1.807, 2.05) is 13.0 Å². The van der Waals surface area contributed by atoms with Gasteiger partial charge < -0.3 is 19.9 Å². The second kappa shape index (κ2) is 6.03. The zero-order valence-corrected chi connectivity index (χ0v) is 12.3. The highest BCUT2D eigenvalue weighted by molar-refractivity contribution is 5.89. The summed E-state index contributed by atoms with van der Waals surface area (Å²) in [7, 11) is 3.12. The van der Waals surface area contributed by atoms with Crippen LogP contribution in [0, 0.1) is 11.8 Å². The predicted molar refractivity (Wildman–Crippen MR) is 75.3 cm³/mol. The van der Waals surface area contributed by atoms with Crippen LogP contribution in [0.2, 0.25) is 0 Å². The van der Waals surface area contributed by atoms with Gasteiger partial charge in [-0.1, -0.05) is 0 Å². The highest BCUT2D eigenvalue weighted by atomic mass is 16.5. The summed E-state index contributed by atoms with van der Waals surface area (Å²) in [5.41, 5.74) is 0.819. The highest BCUT2D eigenvalue weighted by Crippen LogP contribution is 2.39. The standard InChI is InChI=1S/C15H19NO5/c1-8(16-14(17)11-7-12(11)15(18)19)10-5-4-9(20-2)6-13(10)21-3/h4-6,8,11-12H,7H2,1-3H3,(H,16,17)(H,18,19)/t8-,11-,12-/m0/s1. The van der Waals surface area contributed by atoms with Gasteiger partial charge in [-0.15, -0.1) is 0 Å². The summed E-state index contributed by atoms with van der Waals surface area (Å²) in [5.74, 6) is -0.822. The fourth-order valence-electron chi connectivity index (χ4n) is 2.33. The molecule has 3 atom stereocenters. The fourth-order valence-corrected chi connectivity index (χ4v) is 2.33. The van der Waals surface area contributed by atoms with E-state index < -0.39 is 17.8 Å². The maximum Gasteiger partial charge on any atom is 0.307 e. The first-order valence-electron chi connectivity index (χ1n) is 6.73. The number of carboxylic acid groups (broad SMARTS) is 1. The van der Waals surface area contributed by atoms with E-state index in [4.69, 9.17) is 14.6 Å². The SMILES string of the molecule is COc1ccc([C@H](C)NC(=O)[C@H]2C[C@@H]2C(=O)O)c(OC)c1. The molecule has 6 nitrogen and oxygen atoms in total. The molecule has 0 spiro atoms. The molecule has 2 N–H and O–H groups in total. The van der Waals surface area contributed by atoms with Crippen molar-refractivity contribution in [1.82, 2.24) is 5.32 Å². The van der Waals surface area contributed by atoms with Gasteiger partial charge in [0.15, 0.2) is 0 Å². The van der Waals surface area contributed by atoms with Crippen molar-refractivity contribution in [2.24, 2.45) is 11.8 Å². The average molecular weight is 293 g/mol. The molecule has 2 rings (SSSR count). The van der Waals surface area contributed by atoms with E-state index in [0.29, 0.717) is 17.9 Å². The number of aliphatic carboxylic acids is 1. The van der Waals surface area contributed by atoms with Crippen molar-refractivity contribution in [3.8, 4) is 11.5 Å². The van der Waals surface area contributed by atoms with Crippen molar-refractivity contribution in [2.75, 3.05) is 14.2 Å². The highest BCUT2D eigenvalue weighted by Gasteiger charge is 2.48. The Hall–Kier alpha value is -2.24. The Morgan fingerprint density at radius 3 is 2.52 bits per heavy atom. The van der Waals surface area contributed by atoms with Gasteiger partial charge in [0.1, 0.15) is 11.5 Å². The summed E-state index contributed by atoms with van der Waals surface area (Å²) in [6, 6.07) is 5.09. The van der Waals surface area contributed by atoms with Crippen LogP contribution >= 0.6 is 0 Å². The normalized spacial score (nSPS) is 21.3. The first-order chi connectivity index (χ1) is 9.97. The van der Waals surface area contributed by atoms with Gasteiger partial charge in [-0.2, -0.15) is 0 Å². The van der Waals surface area contributed by atoms with Crippen LogP contribution in [0.3, 0.4) is 0 Å². The summed E-state index contributed by atoms with van der Waals surface area (Å²) < 4.78 is 10.4. The monoisotopic (exact) mass is 293 g/mol. The summed E-state index contributed by atoms with van der Waals surface area (Å²) in [4.78, 5) is 22.8. The maximum absolute atomic E-state index is 12.0. The third kappa shape index (κ3) is 3.26. The van der Waals surface area contributed by atoms with Crippen LogP contribution in [0.1, 0.15) is 24.9 Å². The second-order valence-corrected chi connectivity index (χ2v) is 5.13. The molecule has 0 bridgehead atoms. The van der Waals surface area contributed by atoms with Gasteiger partial charge in [-0.25, -0.2) is 0 Å². The van der Waals surface area contributed by atoms with E-state index in [0.717, 1.165) is 5.56 Å². The fraction of sp³-hybridized carbons (Fsp3) is 0.467. The number of hydrogen-bond donors (Lipinski definition) is 2. The summed E-state index contributed by atoms with van der Waals surface area (Å²) >= 11 is 0. The molecular formula is C15H19NO5. The van der Waals surface area contributed by atoms with Crippen molar-refractivity contribution >= 4 is 11.9 Å². The first kappa shape index (κ1) is 15.2. The molecule has 1 aromatic rings.